The summed E-state index contributed by atoms with van der Waals surface area (Å²) in [5.74, 6) is -0.300. The average Bonchev–Trinajstić information content (AvgIpc) is 2.97. The van der Waals surface area contributed by atoms with Crippen molar-refractivity contribution < 1.29 is 14.3 Å². The lowest BCUT2D eigenvalue weighted by Crippen LogP contribution is -2.23. The molecule has 0 bridgehead atoms. The molecule has 0 fully saturated rings. The van der Waals surface area contributed by atoms with E-state index in [1.54, 1.807) is 29.2 Å². The molecule has 1 aliphatic heterocycles. The Morgan fingerprint density at radius 2 is 1.95 bits per heavy atom. The highest BCUT2D eigenvalue weighted by molar-refractivity contribution is 5.76. The standard InChI is InChI=1S/C18H18FNO2/c1-2-17(21)20-10-13-8-7-12(9-14(13)11-20)18(22)15-5-3-4-6-16(15)19/h3-9,18,22H,2,10-11H2,1H3. The van der Waals surface area contributed by atoms with Gasteiger partial charge in [-0.05, 0) is 22.8 Å². The van der Waals surface area contributed by atoms with Crippen molar-refractivity contribution in [3.8, 4) is 0 Å². The van der Waals surface area contributed by atoms with Crippen molar-refractivity contribution in [3.05, 3.63) is 70.5 Å². The van der Waals surface area contributed by atoms with Gasteiger partial charge < -0.3 is 10.0 Å². The third-order valence-corrected chi connectivity index (χ3v) is 4.12. The minimum Gasteiger partial charge on any atom is -0.384 e. The number of fused-ring (bicyclic) bond motifs is 1. The van der Waals surface area contributed by atoms with Gasteiger partial charge in [0.2, 0.25) is 5.91 Å². The maximum absolute atomic E-state index is 13.8. The normalized spacial score (nSPS) is 14.8. The van der Waals surface area contributed by atoms with E-state index in [9.17, 15) is 14.3 Å². The molecule has 2 aromatic rings. The van der Waals surface area contributed by atoms with Gasteiger partial charge in [0, 0.05) is 25.1 Å². The van der Waals surface area contributed by atoms with Crippen LogP contribution < -0.4 is 0 Å². The first-order valence-corrected chi connectivity index (χ1v) is 7.42. The third kappa shape index (κ3) is 2.62. The maximum Gasteiger partial charge on any atom is 0.222 e. The van der Waals surface area contributed by atoms with Crippen LogP contribution in [-0.4, -0.2) is 15.9 Å². The van der Waals surface area contributed by atoms with Crippen molar-refractivity contribution in [1.29, 1.82) is 0 Å². The molecule has 0 aromatic heterocycles. The van der Waals surface area contributed by atoms with Crippen molar-refractivity contribution in [1.82, 2.24) is 4.90 Å². The molecule has 0 saturated heterocycles. The van der Waals surface area contributed by atoms with Crippen molar-refractivity contribution in [2.75, 3.05) is 0 Å². The molecule has 0 saturated carbocycles. The maximum atomic E-state index is 13.8. The Balaban J connectivity index is 1.87. The van der Waals surface area contributed by atoms with Crippen molar-refractivity contribution in [2.45, 2.75) is 32.5 Å². The molecule has 2 aromatic carbocycles. The molecule has 0 aliphatic carbocycles. The van der Waals surface area contributed by atoms with Crippen LogP contribution in [0.25, 0.3) is 0 Å². The second-order valence-corrected chi connectivity index (χ2v) is 5.56. The Labute approximate surface area is 129 Å². The summed E-state index contributed by atoms with van der Waals surface area (Å²) in [5.41, 5.74) is 3.03. The first-order chi connectivity index (χ1) is 10.6. The number of benzene rings is 2. The van der Waals surface area contributed by atoms with E-state index < -0.39 is 11.9 Å². The Morgan fingerprint density at radius 3 is 2.68 bits per heavy atom. The molecule has 3 nitrogen and oxygen atoms in total. The molecule has 1 amide bonds. The van der Waals surface area contributed by atoms with Crippen LogP contribution in [0.4, 0.5) is 4.39 Å². The van der Waals surface area contributed by atoms with Gasteiger partial charge in [-0.1, -0.05) is 43.3 Å². The molecule has 1 unspecified atom stereocenters. The number of nitrogens with zero attached hydrogens (tertiary/aromatic N) is 1. The van der Waals surface area contributed by atoms with E-state index >= 15 is 0 Å². The number of halogens is 1. The van der Waals surface area contributed by atoms with Gasteiger partial charge >= 0.3 is 0 Å². The van der Waals surface area contributed by atoms with Crippen LogP contribution in [-0.2, 0) is 17.9 Å². The number of hydrogen-bond donors (Lipinski definition) is 1. The molecule has 114 valence electrons. The number of hydrogen-bond acceptors (Lipinski definition) is 2. The van der Waals surface area contributed by atoms with Gasteiger partial charge in [-0.2, -0.15) is 0 Å². The summed E-state index contributed by atoms with van der Waals surface area (Å²) in [6, 6.07) is 11.8. The topological polar surface area (TPSA) is 40.5 Å². The molecule has 0 spiro atoms. The molecule has 0 radical (unpaired) electrons. The Kier molecular flexibility index (Phi) is 3.94. The summed E-state index contributed by atoms with van der Waals surface area (Å²) in [7, 11) is 0. The van der Waals surface area contributed by atoms with E-state index in [1.165, 1.54) is 6.07 Å². The lowest BCUT2D eigenvalue weighted by atomic mass is 9.98. The van der Waals surface area contributed by atoms with Gasteiger partial charge in [0.15, 0.2) is 0 Å². The summed E-state index contributed by atoms with van der Waals surface area (Å²) in [4.78, 5) is 13.6. The lowest BCUT2D eigenvalue weighted by molar-refractivity contribution is -0.131. The molecule has 22 heavy (non-hydrogen) atoms. The molecule has 3 rings (SSSR count). The van der Waals surface area contributed by atoms with Crippen LogP contribution in [0.2, 0.25) is 0 Å². The summed E-state index contributed by atoms with van der Waals surface area (Å²) in [6.45, 7) is 3.01. The summed E-state index contributed by atoms with van der Waals surface area (Å²) < 4.78 is 13.8. The highest BCUT2D eigenvalue weighted by atomic mass is 19.1. The van der Waals surface area contributed by atoms with Crippen LogP contribution in [0.15, 0.2) is 42.5 Å². The van der Waals surface area contributed by atoms with Gasteiger partial charge in [-0.3, -0.25) is 4.79 Å². The highest BCUT2D eigenvalue weighted by Gasteiger charge is 2.24. The van der Waals surface area contributed by atoms with Gasteiger partial charge in [0.25, 0.3) is 0 Å². The number of aliphatic hydroxyl groups is 1. The van der Waals surface area contributed by atoms with Crippen molar-refractivity contribution >= 4 is 5.91 Å². The predicted molar refractivity (Wildman–Crippen MR) is 81.4 cm³/mol. The fourth-order valence-corrected chi connectivity index (χ4v) is 2.86. The summed E-state index contributed by atoms with van der Waals surface area (Å²) >= 11 is 0. The largest absolute Gasteiger partial charge is 0.384 e. The van der Waals surface area contributed by atoms with Crippen LogP contribution in [0, 0.1) is 5.82 Å². The minimum absolute atomic E-state index is 0.118. The van der Waals surface area contributed by atoms with Gasteiger partial charge in [0.1, 0.15) is 11.9 Å². The fourth-order valence-electron chi connectivity index (χ4n) is 2.86. The SMILES string of the molecule is CCC(=O)N1Cc2ccc(C(O)c3ccccc3F)cc2C1. The predicted octanol–water partition coefficient (Wildman–Crippen LogP) is 3.16. The Bertz CT molecular complexity index is 714. The van der Waals surface area contributed by atoms with Crippen molar-refractivity contribution in [2.24, 2.45) is 0 Å². The number of rotatable bonds is 3. The first kappa shape index (κ1) is 14.7. The van der Waals surface area contributed by atoms with Gasteiger partial charge in [0.05, 0.1) is 0 Å². The minimum atomic E-state index is -0.998. The lowest BCUT2D eigenvalue weighted by Gasteiger charge is -2.14. The molecule has 1 N–H and O–H groups in total. The zero-order valence-electron chi connectivity index (χ0n) is 12.4. The van der Waals surface area contributed by atoms with Crippen molar-refractivity contribution in [3.63, 3.8) is 0 Å². The van der Waals surface area contributed by atoms with E-state index in [1.807, 2.05) is 19.1 Å². The molecule has 4 heteroatoms. The molecule has 1 heterocycles. The van der Waals surface area contributed by atoms with Gasteiger partial charge in [-0.15, -0.1) is 0 Å². The summed E-state index contributed by atoms with van der Waals surface area (Å²) in [6.07, 6.45) is -0.513. The molecular formula is C18H18FNO2. The van der Waals surface area contributed by atoms with E-state index in [0.29, 0.717) is 25.1 Å². The number of carbonyl (C=O) groups excluding carboxylic acids is 1. The monoisotopic (exact) mass is 299 g/mol. The quantitative estimate of drug-likeness (QED) is 0.945. The zero-order chi connectivity index (χ0) is 15.7. The second-order valence-electron chi connectivity index (χ2n) is 5.56. The van der Waals surface area contributed by atoms with E-state index in [-0.39, 0.29) is 11.5 Å². The Hall–Kier alpha value is -2.20. The molecular weight excluding hydrogens is 281 g/mol. The summed E-state index contributed by atoms with van der Waals surface area (Å²) in [5, 5.41) is 10.4. The molecule has 1 aliphatic rings. The van der Waals surface area contributed by atoms with E-state index in [2.05, 4.69) is 0 Å². The highest BCUT2D eigenvalue weighted by Crippen LogP contribution is 2.30. The van der Waals surface area contributed by atoms with E-state index in [4.69, 9.17) is 0 Å². The third-order valence-electron chi connectivity index (χ3n) is 4.12. The van der Waals surface area contributed by atoms with Gasteiger partial charge in [-0.25, -0.2) is 4.39 Å². The van der Waals surface area contributed by atoms with Crippen LogP contribution in [0.3, 0.4) is 0 Å². The number of aliphatic hydroxyl groups excluding tert-OH is 1. The smallest absolute Gasteiger partial charge is 0.222 e. The average molecular weight is 299 g/mol. The molecule has 1 atom stereocenters. The zero-order valence-corrected chi connectivity index (χ0v) is 12.4. The number of carbonyl (C=O) groups is 1. The fraction of sp³-hybridized carbons (Fsp3) is 0.278. The van der Waals surface area contributed by atoms with E-state index in [0.717, 1.165) is 11.1 Å². The first-order valence-electron chi connectivity index (χ1n) is 7.42. The second kappa shape index (κ2) is 5.89. The van der Waals surface area contributed by atoms with Crippen LogP contribution in [0.1, 0.15) is 41.7 Å². The van der Waals surface area contributed by atoms with Crippen LogP contribution in [0.5, 0.6) is 0 Å². The van der Waals surface area contributed by atoms with Crippen LogP contribution >= 0.6 is 0 Å². The Morgan fingerprint density at radius 1 is 1.23 bits per heavy atom. The number of amides is 1.